The Morgan fingerprint density at radius 1 is 1.30 bits per heavy atom. The van der Waals surface area contributed by atoms with E-state index in [9.17, 15) is 0 Å². The Morgan fingerprint density at radius 3 is 2.80 bits per heavy atom. The summed E-state index contributed by atoms with van der Waals surface area (Å²) in [6.07, 6.45) is 0.979. The minimum absolute atomic E-state index is 0.445. The summed E-state index contributed by atoms with van der Waals surface area (Å²) in [5.41, 5.74) is 7.74. The predicted octanol–water partition coefficient (Wildman–Crippen LogP) is 3.28. The highest BCUT2D eigenvalue weighted by molar-refractivity contribution is 7.09. The summed E-state index contributed by atoms with van der Waals surface area (Å²) in [4.78, 5) is 4.38. The van der Waals surface area contributed by atoms with Gasteiger partial charge in [0, 0.05) is 29.2 Å². The molecule has 108 valence electrons. The van der Waals surface area contributed by atoms with Crippen LogP contribution in [0.15, 0.2) is 23.6 Å². The van der Waals surface area contributed by atoms with Crippen molar-refractivity contribution in [2.75, 3.05) is 6.61 Å². The second kappa shape index (κ2) is 7.26. The maximum absolute atomic E-state index is 5.84. The Hall–Kier alpha value is -1.59. The van der Waals surface area contributed by atoms with E-state index in [1.165, 1.54) is 0 Å². The average molecular weight is 292 g/mol. The first-order valence-corrected chi connectivity index (χ1v) is 7.60. The average Bonchev–Trinajstić information content (AvgIpc) is 2.88. The topological polar surface area (TPSA) is 57.4 Å². The molecule has 0 spiro atoms. The Balaban J connectivity index is 2.07. The lowest BCUT2D eigenvalue weighted by Crippen LogP contribution is -2.04. The molecule has 4 nitrogen and oxygen atoms in total. The Labute approximate surface area is 123 Å². The summed E-state index contributed by atoms with van der Waals surface area (Å²) in [6.45, 7) is 5.66. The number of nitrogens with two attached hydrogens (primary N) is 1. The number of rotatable bonds is 7. The molecule has 0 atom stereocenters. The third-order valence-electron chi connectivity index (χ3n) is 2.75. The fourth-order valence-electron chi connectivity index (χ4n) is 1.76. The van der Waals surface area contributed by atoms with Gasteiger partial charge in [0.2, 0.25) is 0 Å². The first-order valence-electron chi connectivity index (χ1n) is 6.72. The molecule has 0 saturated carbocycles. The van der Waals surface area contributed by atoms with Crippen LogP contribution >= 0.6 is 11.3 Å². The fraction of sp³-hybridized carbons (Fsp3) is 0.400. The summed E-state index contributed by atoms with van der Waals surface area (Å²) >= 11 is 1.60. The second-order valence-corrected chi connectivity index (χ2v) is 5.44. The van der Waals surface area contributed by atoms with E-state index in [1.54, 1.807) is 11.3 Å². The molecular formula is C15H20N2O2S. The minimum Gasteiger partial charge on any atom is -0.493 e. The van der Waals surface area contributed by atoms with Gasteiger partial charge in [-0.2, -0.15) is 0 Å². The zero-order valence-electron chi connectivity index (χ0n) is 11.9. The quantitative estimate of drug-likeness (QED) is 0.851. The molecule has 0 amide bonds. The van der Waals surface area contributed by atoms with Crippen LogP contribution in [-0.4, -0.2) is 11.6 Å². The highest BCUT2D eigenvalue weighted by Gasteiger charge is 2.07. The SMILES string of the molecule is CCCOc1ccc(CN)c(OCc2nc(C)cs2)c1. The standard InChI is InChI=1S/C15H20N2O2S/c1-3-6-18-13-5-4-12(8-16)14(7-13)19-9-15-17-11(2)10-20-15/h4-5,7,10H,3,6,8-9,16H2,1-2H3. The molecule has 1 heterocycles. The third-order valence-corrected chi connectivity index (χ3v) is 3.69. The number of thiazole rings is 1. The van der Waals surface area contributed by atoms with Gasteiger partial charge < -0.3 is 15.2 Å². The van der Waals surface area contributed by atoms with Gasteiger partial charge in [0.05, 0.1) is 6.61 Å². The van der Waals surface area contributed by atoms with Crippen LogP contribution < -0.4 is 15.2 Å². The van der Waals surface area contributed by atoms with Gasteiger partial charge in [0.15, 0.2) is 0 Å². The molecular weight excluding hydrogens is 272 g/mol. The Morgan fingerprint density at radius 2 is 2.15 bits per heavy atom. The van der Waals surface area contributed by atoms with E-state index in [0.717, 1.165) is 34.2 Å². The number of benzene rings is 1. The van der Waals surface area contributed by atoms with Crippen molar-refractivity contribution in [2.24, 2.45) is 5.73 Å². The van der Waals surface area contributed by atoms with Crippen LogP contribution in [0.1, 0.15) is 29.6 Å². The Bertz CT molecular complexity index is 555. The van der Waals surface area contributed by atoms with Gasteiger partial charge in [0.1, 0.15) is 23.1 Å². The van der Waals surface area contributed by atoms with Gasteiger partial charge >= 0.3 is 0 Å². The zero-order chi connectivity index (χ0) is 14.4. The van der Waals surface area contributed by atoms with Crippen LogP contribution in [0.4, 0.5) is 0 Å². The van der Waals surface area contributed by atoms with Crippen molar-refractivity contribution in [3.63, 3.8) is 0 Å². The fourth-order valence-corrected chi connectivity index (χ4v) is 2.44. The highest BCUT2D eigenvalue weighted by atomic mass is 32.1. The van der Waals surface area contributed by atoms with Crippen LogP contribution in [0.3, 0.4) is 0 Å². The largest absolute Gasteiger partial charge is 0.493 e. The second-order valence-electron chi connectivity index (χ2n) is 4.49. The molecule has 0 aliphatic heterocycles. The number of hydrogen-bond donors (Lipinski definition) is 1. The molecule has 5 heteroatoms. The maximum atomic E-state index is 5.84. The van der Waals surface area contributed by atoms with Gasteiger partial charge in [-0.1, -0.05) is 13.0 Å². The molecule has 2 aromatic rings. The summed E-state index contributed by atoms with van der Waals surface area (Å²) in [5.74, 6) is 1.59. The van der Waals surface area contributed by atoms with Crippen molar-refractivity contribution >= 4 is 11.3 Å². The molecule has 0 aliphatic rings. The number of aromatic nitrogens is 1. The van der Waals surface area contributed by atoms with Gasteiger partial charge in [-0.3, -0.25) is 0 Å². The van der Waals surface area contributed by atoms with Crippen LogP contribution in [-0.2, 0) is 13.2 Å². The zero-order valence-corrected chi connectivity index (χ0v) is 12.7. The molecule has 2 rings (SSSR count). The van der Waals surface area contributed by atoms with E-state index < -0.39 is 0 Å². The normalized spacial score (nSPS) is 10.6. The highest BCUT2D eigenvalue weighted by Crippen LogP contribution is 2.26. The number of nitrogens with zero attached hydrogens (tertiary/aromatic N) is 1. The van der Waals surface area contributed by atoms with Crippen molar-refractivity contribution in [1.82, 2.24) is 4.98 Å². The molecule has 0 fully saturated rings. The molecule has 2 N–H and O–H groups in total. The summed E-state index contributed by atoms with van der Waals surface area (Å²) in [7, 11) is 0. The van der Waals surface area contributed by atoms with Crippen LogP contribution in [0, 0.1) is 6.92 Å². The molecule has 0 unspecified atom stereocenters. The van der Waals surface area contributed by atoms with Gasteiger partial charge in [0.25, 0.3) is 0 Å². The summed E-state index contributed by atoms with van der Waals surface area (Å²) < 4.78 is 11.5. The van der Waals surface area contributed by atoms with E-state index in [-0.39, 0.29) is 0 Å². The van der Waals surface area contributed by atoms with Crippen molar-refractivity contribution < 1.29 is 9.47 Å². The summed E-state index contributed by atoms with van der Waals surface area (Å²) in [6, 6.07) is 5.78. The van der Waals surface area contributed by atoms with Crippen molar-refractivity contribution in [3.8, 4) is 11.5 Å². The Kier molecular flexibility index (Phi) is 5.38. The van der Waals surface area contributed by atoms with Crippen LogP contribution in [0.25, 0.3) is 0 Å². The molecule has 20 heavy (non-hydrogen) atoms. The molecule has 0 saturated heterocycles. The van der Waals surface area contributed by atoms with Crippen molar-refractivity contribution in [1.29, 1.82) is 0 Å². The smallest absolute Gasteiger partial charge is 0.140 e. The maximum Gasteiger partial charge on any atom is 0.140 e. The molecule has 0 bridgehead atoms. The number of ether oxygens (including phenoxy) is 2. The van der Waals surface area contributed by atoms with Gasteiger partial charge in [-0.15, -0.1) is 11.3 Å². The number of aryl methyl sites for hydroxylation is 1. The van der Waals surface area contributed by atoms with E-state index in [0.29, 0.717) is 19.8 Å². The predicted molar refractivity (Wildman–Crippen MR) is 81.3 cm³/mol. The lowest BCUT2D eigenvalue weighted by Gasteiger charge is -2.12. The van der Waals surface area contributed by atoms with E-state index in [2.05, 4.69) is 11.9 Å². The lowest BCUT2D eigenvalue weighted by atomic mass is 10.2. The van der Waals surface area contributed by atoms with E-state index in [4.69, 9.17) is 15.2 Å². The van der Waals surface area contributed by atoms with E-state index in [1.807, 2.05) is 30.5 Å². The third kappa shape index (κ3) is 3.95. The van der Waals surface area contributed by atoms with Crippen LogP contribution in [0.5, 0.6) is 11.5 Å². The van der Waals surface area contributed by atoms with Crippen LogP contribution in [0.2, 0.25) is 0 Å². The van der Waals surface area contributed by atoms with Crippen molar-refractivity contribution in [3.05, 3.63) is 39.8 Å². The first-order chi connectivity index (χ1) is 9.72. The molecule has 0 aliphatic carbocycles. The van der Waals surface area contributed by atoms with Gasteiger partial charge in [-0.25, -0.2) is 4.98 Å². The van der Waals surface area contributed by atoms with Gasteiger partial charge in [-0.05, 0) is 19.4 Å². The van der Waals surface area contributed by atoms with E-state index >= 15 is 0 Å². The minimum atomic E-state index is 0.445. The lowest BCUT2D eigenvalue weighted by molar-refractivity contribution is 0.292. The summed E-state index contributed by atoms with van der Waals surface area (Å²) in [5, 5.41) is 2.98. The van der Waals surface area contributed by atoms with Crippen molar-refractivity contribution in [2.45, 2.75) is 33.4 Å². The monoisotopic (exact) mass is 292 g/mol. The molecule has 1 aromatic carbocycles. The first kappa shape index (κ1) is 14.8. The molecule has 0 radical (unpaired) electrons. The molecule has 1 aromatic heterocycles. The number of hydrogen-bond acceptors (Lipinski definition) is 5.